The Bertz CT molecular complexity index is 2320. The van der Waals surface area contributed by atoms with Gasteiger partial charge in [-0.15, -0.1) is 0 Å². The first-order valence-corrected chi connectivity index (χ1v) is 21.2. The lowest BCUT2D eigenvalue weighted by atomic mass is 9.73. The molecule has 3 aromatic rings. The number of likely N-dealkylation sites (tertiary alicyclic amines) is 2. The van der Waals surface area contributed by atoms with Crippen molar-refractivity contribution in [2.75, 3.05) is 62.2 Å². The lowest BCUT2D eigenvalue weighted by molar-refractivity contribution is -0.136. The van der Waals surface area contributed by atoms with Crippen molar-refractivity contribution in [2.45, 2.75) is 63.5 Å². The fourth-order valence-corrected chi connectivity index (χ4v) is 10.2. The van der Waals surface area contributed by atoms with E-state index in [1.54, 1.807) is 18.2 Å². The van der Waals surface area contributed by atoms with E-state index in [1.165, 1.54) is 0 Å². The highest BCUT2D eigenvalue weighted by Gasteiger charge is 2.47. The van der Waals surface area contributed by atoms with E-state index in [-0.39, 0.29) is 30.1 Å². The first-order chi connectivity index (χ1) is 28.6. The fraction of sp³-hybridized carbons (Fsp3) is 0.435. The van der Waals surface area contributed by atoms with Crippen molar-refractivity contribution in [1.29, 1.82) is 5.26 Å². The predicted molar refractivity (Wildman–Crippen MR) is 222 cm³/mol. The number of nitriles is 1. The summed E-state index contributed by atoms with van der Waals surface area (Å²) in [5.41, 5.74) is 4.69. The molecule has 13 heteroatoms. The van der Waals surface area contributed by atoms with Crippen molar-refractivity contribution in [1.82, 2.24) is 20.0 Å². The van der Waals surface area contributed by atoms with Gasteiger partial charge in [0, 0.05) is 85.6 Å². The second kappa shape index (κ2) is 15.8. The van der Waals surface area contributed by atoms with Gasteiger partial charge in [0.2, 0.25) is 11.8 Å². The van der Waals surface area contributed by atoms with Gasteiger partial charge in [0.15, 0.2) is 0 Å². The number of amides is 5. The SMILES string of the molecule is N#Cc1ccc(N2CC3(CCCN(C(=O)c4ccc(C#CC5CCN(C6CCN(c7ccc8c(c7)C(=O)N(C7CCC(=O)NC7=O)C8=O)CC6)CC5)cc4)C3)C2)cc1Cl. The van der Waals surface area contributed by atoms with Crippen LogP contribution in [0.25, 0.3) is 0 Å². The number of halogens is 1. The molecule has 1 spiro atoms. The Kier molecular flexibility index (Phi) is 10.4. The number of fused-ring (bicyclic) bond motifs is 1. The van der Waals surface area contributed by atoms with Crippen LogP contribution in [0.5, 0.6) is 0 Å². The molecule has 6 heterocycles. The number of hydrogen-bond donors (Lipinski definition) is 1. The summed E-state index contributed by atoms with van der Waals surface area (Å²) in [5.74, 6) is 5.32. The number of nitrogens with one attached hydrogen (secondary N) is 1. The Morgan fingerprint density at radius 1 is 0.780 bits per heavy atom. The van der Waals surface area contributed by atoms with Gasteiger partial charge < -0.3 is 19.6 Å². The zero-order valence-electron chi connectivity index (χ0n) is 32.9. The van der Waals surface area contributed by atoms with E-state index in [1.807, 2.05) is 47.4 Å². The van der Waals surface area contributed by atoms with E-state index in [2.05, 4.69) is 37.9 Å². The van der Waals surface area contributed by atoms with Crippen molar-refractivity contribution in [2.24, 2.45) is 11.3 Å². The van der Waals surface area contributed by atoms with E-state index in [0.29, 0.717) is 39.2 Å². The maximum Gasteiger partial charge on any atom is 0.262 e. The highest BCUT2D eigenvalue weighted by molar-refractivity contribution is 6.32. The third-order valence-corrected chi connectivity index (χ3v) is 13.6. The third-order valence-electron chi connectivity index (χ3n) is 13.3. The van der Waals surface area contributed by atoms with Crippen LogP contribution in [0.1, 0.15) is 93.6 Å². The molecule has 0 saturated carbocycles. The summed E-state index contributed by atoms with van der Waals surface area (Å²) in [6, 6.07) is 20.3. The van der Waals surface area contributed by atoms with Gasteiger partial charge in [0.05, 0.1) is 21.7 Å². The third kappa shape index (κ3) is 7.56. The molecule has 1 unspecified atom stereocenters. The maximum absolute atomic E-state index is 13.6. The van der Waals surface area contributed by atoms with Gasteiger partial charge >= 0.3 is 0 Å². The molecule has 6 aliphatic heterocycles. The van der Waals surface area contributed by atoms with Crippen LogP contribution in [0.3, 0.4) is 0 Å². The molecule has 12 nitrogen and oxygen atoms in total. The average molecular weight is 812 g/mol. The van der Waals surface area contributed by atoms with Crippen molar-refractivity contribution in [3.05, 3.63) is 93.5 Å². The molecule has 9 rings (SSSR count). The first kappa shape index (κ1) is 38.8. The summed E-state index contributed by atoms with van der Waals surface area (Å²) in [6.45, 7) is 6.92. The first-order valence-electron chi connectivity index (χ1n) is 20.8. The molecular formula is C46H46ClN7O5. The molecule has 0 aliphatic carbocycles. The summed E-state index contributed by atoms with van der Waals surface area (Å²) in [7, 11) is 0. The lowest BCUT2D eigenvalue weighted by Gasteiger charge is -2.55. The molecule has 6 aliphatic rings. The predicted octanol–water partition coefficient (Wildman–Crippen LogP) is 5.09. The molecule has 0 radical (unpaired) electrons. The summed E-state index contributed by atoms with van der Waals surface area (Å²) in [6.07, 6.45) is 6.33. The quantitative estimate of drug-likeness (QED) is 0.276. The molecule has 59 heavy (non-hydrogen) atoms. The molecule has 5 fully saturated rings. The van der Waals surface area contributed by atoms with E-state index >= 15 is 0 Å². The van der Waals surface area contributed by atoms with Crippen LogP contribution in [0.15, 0.2) is 60.7 Å². The largest absolute Gasteiger partial charge is 0.371 e. The van der Waals surface area contributed by atoms with E-state index < -0.39 is 23.8 Å². The summed E-state index contributed by atoms with van der Waals surface area (Å²) in [4.78, 5) is 74.3. The number of piperidine rings is 4. The standard InChI is InChI=1S/C46H46ClN7O5/c47-39-25-36(9-8-33(39)26-48)53-28-46(29-53)18-1-19-52(27-46)43(57)32-6-4-30(5-7-32)2-3-31-14-20-50(21-15-31)34-16-22-51(23-17-34)35-10-11-37-38(24-35)45(59)54(44(37)58)40-12-13-41(55)49-42(40)56/h4-11,24-25,31,34,40H,1,12-23,27-29H2,(H,49,55,56). The minimum atomic E-state index is -0.970. The Morgan fingerprint density at radius 3 is 2.20 bits per heavy atom. The zero-order valence-corrected chi connectivity index (χ0v) is 33.7. The molecule has 1 atom stereocenters. The van der Waals surface area contributed by atoms with Gasteiger partial charge in [-0.3, -0.25) is 34.2 Å². The van der Waals surface area contributed by atoms with Crippen LogP contribution in [0.2, 0.25) is 5.02 Å². The Labute approximate surface area is 349 Å². The van der Waals surface area contributed by atoms with Crippen LogP contribution in [-0.2, 0) is 9.59 Å². The van der Waals surface area contributed by atoms with Gasteiger partial charge in [-0.2, -0.15) is 5.26 Å². The van der Waals surface area contributed by atoms with Gasteiger partial charge in [-0.05, 0) is 119 Å². The Morgan fingerprint density at radius 2 is 1.49 bits per heavy atom. The van der Waals surface area contributed by atoms with Crippen LogP contribution >= 0.6 is 11.6 Å². The topological polar surface area (TPSA) is 137 Å². The van der Waals surface area contributed by atoms with E-state index in [9.17, 15) is 29.2 Å². The fourth-order valence-electron chi connectivity index (χ4n) is 9.99. The normalized spacial score (nSPS) is 22.4. The van der Waals surface area contributed by atoms with Crippen LogP contribution < -0.4 is 15.1 Å². The zero-order chi connectivity index (χ0) is 40.8. The minimum absolute atomic E-state index is 0.0684. The average Bonchev–Trinajstić information content (AvgIpc) is 3.49. The second-order valence-electron chi connectivity index (χ2n) is 17.0. The smallest absolute Gasteiger partial charge is 0.262 e. The minimum Gasteiger partial charge on any atom is -0.371 e. The van der Waals surface area contributed by atoms with Gasteiger partial charge in [0.25, 0.3) is 17.7 Å². The van der Waals surface area contributed by atoms with E-state index in [0.717, 1.165) is 113 Å². The number of benzene rings is 3. The highest BCUT2D eigenvalue weighted by Crippen LogP contribution is 2.42. The molecule has 1 N–H and O–H groups in total. The van der Waals surface area contributed by atoms with Gasteiger partial charge in [0.1, 0.15) is 12.1 Å². The second-order valence-corrected chi connectivity index (χ2v) is 17.4. The molecule has 302 valence electrons. The van der Waals surface area contributed by atoms with Crippen molar-refractivity contribution in [3.8, 4) is 17.9 Å². The molecule has 0 aromatic heterocycles. The number of carbonyl (C=O) groups is 5. The Hall–Kier alpha value is -5.69. The molecule has 0 bridgehead atoms. The van der Waals surface area contributed by atoms with Gasteiger partial charge in [-0.1, -0.05) is 23.4 Å². The van der Waals surface area contributed by atoms with Crippen molar-refractivity contribution in [3.63, 3.8) is 0 Å². The van der Waals surface area contributed by atoms with Crippen LogP contribution in [0, 0.1) is 34.5 Å². The molecular weight excluding hydrogens is 766 g/mol. The number of rotatable bonds is 5. The summed E-state index contributed by atoms with van der Waals surface area (Å²) in [5, 5.41) is 11.9. The Balaban J connectivity index is 0.729. The number of nitrogens with zero attached hydrogens (tertiary/aromatic N) is 6. The van der Waals surface area contributed by atoms with Crippen LogP contribution in [-0.4, -0.2) is 109 Å². The summed E-state index contributed by atoms with van der Waals surface area (Å²) < 4.78 is 0. The monoisotopic (exact) mass is 811 g/mol. The molecule has 5 saturated heterocycles. The lowest BCUT2D eigenvalue weighted by Crippen LogP contribution is -2.63. The van der Waals surface area contributed by atoms with Crippen molar-refractivity contribution < 1.29 is 24.0 Å². The number of hydrogen-bond acceptors (Lipinski definition) is 9. The number of carbonyl (C=O) groups excluding carboxylic acids is 5. The van der Waals surface area contributed by atoms with E-state index in [4.69, 9.17) is 11.6 Å². The summed E-state index contributed by atoms with van der Waals surface area (Å²) >= 11 is 6.28. The van der Waals surface area contributed by atoms with Crippen molar-refractivity contribution >= 4 is 52.5 Å². The highest BCUT2D eigenvalue weighted by atomic mass is 35.5. The van der Waals surface area contributed by atoms with Gasteiger partial charge in [-0.25, -0.2) is 0 Å². The van der Waals surface area contributed by atoms with Crippen LogP contribution in [0.4, 0.5) is 11.4 Å². The molecule has 5 amide bonds. The molecule has 3 aromatic carbocycles. The number of anilines is 2. The maximum atomic E-state index is 13.6. The number of imide groups is 2.